The zero-order valence-corrected chi connectivity index (χ0v) is 15.8. The molecule has 1 aromatic carbocycles. The first kappa shape index (κ1) is 20.7. The third-order valence-corrected chi connectivity index (χ3v) is 6.38. The highest BCUT2D eigenvalue weighted by molar-refractivity contribution is 7.90. The van der Waals surface area contributed by atoms with Gasteiger partial charge in [-0.05, 0) is 32.9 Å². The van der Waals surface area contributed by atoms with Crippen LogP contribution in [0.2, 0.25) is 0 Å². The van der Waals surface area contributed by atoms with E-state index in [9.17, 15) is 32.1 Å². The number of sulfonamides is 1. The molecule has 0 fully saturated rings. The lowest BCUT2D eigenvalue weighted by molar-refractivity contribution is -0.385. The predicted octanol–water partition coefficient (Wildman–Crippen LogP) is 2.80. The summed E-state index contributed by atoms with van der Waals surface area (Å²) in [5.41, 5.74) is -1.71. The molecule has 0 radical (unpaired) electrons. The van der Waals surface area contributed by atoms with E-state index in [2.05, 4.69) is 4.74 Å². The monoisotopic (exact) mass is 404 g/mol. The van der Waals surface area contributed by atoms with Crippen LogP contribution in [0.15, 0.2) is 24.3 Å². The minimum Gasteiger partial charge on any atom is -0.465 e. The zero-order chi connectivity index (χ0) is 20.8. The molecule has 11 heteroatoms. The van der Waals surface area contributed by atoms with Gasteiger partial charge in [0.1, 0.15) is 6.54 Å². The van der Waals surface area contributed by atoms with Crippen molar-refractivity contribution in [2.75, 3.05) is 13.7 Å². The van der Waals surface area contributed by atoms with E-state index in [1.165, 1.54) is 20.8 Å². The van der Waals surface area contributed by atoms with Crippen molar-refractivity contribution in [3.8, 4) is 0 Å². The molecule has 0 spiro atoms. The minimum atomic E-state index is -4.28. The van der Waals surface area contributed by atoms with E-state index >= 15 is 0 Å². The van der Waals surface area contributed by atoms with Crippen LogP contribution in [-0.2, 0) is 14.8 Å². The number of esters is 1. The number of nitro groups is 1. The highest BCUT2D eigenvalue weighted by Gasteiger charge is 2.48. The van der Waals surface area contributed by atoms with E-state index in [-0.39, 0.29) is 5.56 Å². The number of carbonyl (C=O) groups excluding carboxylic acids is 1. The SMILES string of the molecule is COC(=O)c1ccc([N+](=O)[O-])c(C2=CC(F)(F)CN2S(=O)(=O)C(C)(C)C)c1. The van der Waals surface area contributed by atoms with Crippen molar-refractivity contribution >= 4 is 27.4 Å². The van der Waals surface area contributed by atoms with Gasteiger partial charge in [-0.3, -0.25) is 14.4 Å². The molecule has 0 unspecified atom stereocenters. The second-order valence-corrected chi connectivity index (χ2v) is 9.51. The van der Waals surface area contributed by atoms with Crippen LogP contribution >= 0.6 is 0 Å². The number of ether oxygens (including phenoxy) is 1. The number of hydrogen-bond donors (Lipinski definition) is 0. The van der Waals surface area contributed by atoms with Crippen LogP contribution in [0, 0.1) is 10.1 Å². The summed E-state index contributed by atoms with van der Waals surface area (Å²) in [6, 6.07) is 3.02. The van der Waals surface area contributed by atoms with Crippen LogP contribution < -0.4 is 0 Å². The van der Waals surface area contributed by atoms with Gasteiger partial charge in [-0.15, -0.1) is 0 Å². The maximum Gasteiger partial charge on any atom is 0.337 e. The average Bonchev–Trinajstić information content (AvgIpc) is 2.88. The third kappa shape index (κ3) is 3.77. The van der Waals surface area contributed by atoms with Crippen LogP contribution in [0.4, 0.5) is 14.5 Å². The van der Waals surface area contributed by atoms with Crippen molar-refractivity contribution in [3.63, 3.8) is 0 Å². The van der Waals surface area contributed by atoms with Gasteiger partial charge >= 0.3 is 5.97 Å². The molecule has 0 atom stereocenters. The number of carbonyl (C=O) groups is 1. The van der Waals surface area contributed by atoms with Gasteiger partial charge in [0.15, 0.2) is 0 Å². The predicted molar refractivity (Wildman–Crippen MR) is 92.7 cm³/mol. The Morgan fingerprint density at radius 2 is 1.93 bits per heavy atom. The second-order valence-electron chi connectivity index (χ2n) is 6.90. The van der Waals surface area contributed by atoms with Crippen LogP contribution in [0.1, 0.15) is 36.7 Å². The Hall–Kier alpha value is -2.56. The summed E-state index contributed by atoms with van der Waals surface area (Å²) in [4.78, 5) is 22.2. The summed E-state index contributed by atoms with van der Waals surface area (Å²) < 4.78 is 57.2. The molecule has 1 heterocycles. The Morgan fingerprint density at radius 1 is 1.33 bits per heavy atom. The summed E-state index contributed by atoms with van der Waals surface area (Å²) in [5.74, 6) is -4.37. The maximum atomic E-state index is 14.1. The highest BCUT2D eigenvalue weighted by atomic mass is 32.2. The molecule has 0 aliphatic carbocycles. The van der Waals surface area contributed by atoms with Crippen molar-refractivity contribution in [3.05, 3.63) is 45.5 Å². The van der Waals surface area contributed by atoms with E-state index in [1.807, 2.05) is 0 Å². The smallest absolute Gasteiger partial charge is 0.337 e. The molecule has 27 heavy (non-hydrogen) atoms. The van der Waals surface area contributed by atoms with E-state index in [0.717, 1.165) is 25.3 Å². The van der Waals surface area contributed by atoms with Crippen LogP contribution in [0.3, 0.4) is 0 Å². The number of nitro benzene ring substituents is 1. The molecule has 2 rings (SSSR count). The number of methoxy groups -OCH3 is 1. The fourth-order valence-corrected chi connectivity index (χ4v) is 3.91. The molecule has 1 aliphatic heterocycles. The molecule has 0 N–H and O–H groups in total. The summed E-state index contributed by atoms with van der Waals surface area (Å²) in [6.45, 7) is 2.81. The fraction of sp³-hybridized carbons (Fsp3) is 0.438. The quantitative estimate of drug-likeness (QED) is 0.434. The van der Waals surface area contributed by atoms with E-state index in [0.29, 0.717) is 10.4 Å². The first-order chi connectivity index (χ1) is 12.2. The van der Waals surface area contributed by atoms with Crippen LogP contribution in [0.5, 0.6) is 0 Å². The van der Waals surface area contributed by atoms with Gasteiger partial charge in [0, 0.05) is 12.1 Å². The summed E-state index contributed by atoms with van der Waals surface area (Å²) in [6.07, 6.45) is 0.361. The van der Waals surface area contributed by atoms with Crippen molar-refractivity contribution in [2.24, 2.45) is 0 Å². The topological polar surface area (TPSA) is 107 Å². The van der Waals surface area contributed by atoms with E-state index in [4.69, 9.17) is 0 Å². The lowest BCUT2D eigenvalue weighted by Crippen LogP contribution is -2.43. The van der Waals surface area contributed by atoms with Gasteiger partial charge in [-0.25, -0.2) is 13.2 Å². The minimum absolute atomic E-state index is 0.137. The van der Waals surface area contributed by atoms with Gasteiger partial charge in [0.05, 0.1) is 33.6 Å². The molecular weight excluding hydrogens is 386 g/mol. The Kier molecular flexibility index (Phi) is 5.04. The normalized spacial score (nSPS) is 16.8. The summed E-state index contributed by atoms with van der Waals surface area (Å²) >= 11 is 0. The lowest BCUT2D eigenvalue weighted by atomic mass is 10.1. The van der Waals surface area contributed by atoms with Gasteiger partial charge in [-0.1, -0.05) is 0 Å². The maximum absolute atomic E-state index is 14.1. The van der Waals surface area contributed by atoms with Crippen molar-refractivity contribution in [1.29, 1.82) is 0 Å². The molecule has 0 saturated heterocycles. The first-order valence-corrected chi connectivity index (χ1v) is 9.15. The molecule has 0 amide bonds. The van der Waals surface area contributed by atoms with Crippen molar-refractivity contribution < 1.29 is 31.7 Å². The molecule has 0 aromatic heterocycles. The lowest BCUT2D eigenvalue weighted by Gasteiger charge is -2.30. The number of rotatable bonds is 4. The largest absolute Gasteiger partial charge is 0.465 e. The summed E-state index contributed by atoms with van der Waals surface area (Å²) in [7, 11) is -3.19. The third-order valence-electron chi connectivity index (χ3n) is 3.93. The molecular formula is C16H18F2N2O6S. The Labute approximate surface area is 154 Å². The number of hydrogen-bond acceptors (Lipinski definition) is 6. The van der Waals surface area contributed by atoms with Gasteiger partial charge < -0.3 is 4.74 Å². The van der Waals surface area contributed by atoms with Crippen molar-refractivity contribution in [1.82, 2.24) is 4.31 Å². The molecule has 1 aliphatic rings. The molecule has 0 bridgehead atoms. The molecule has 1 aromatic rings. The van der Waals surface area contributed by atoms with Crippen LogP contribution in [-0.4, -0.2) is 47.9 Å². The Bertz CT molecular complexity index is 935. The highest BCUT2D eigenvalue weighted by Crippen LogP contribution is 2.42. The number of alkyl halides is 2. The molecule has 0 saturated carbocycles. The average molecular weight is 404 g/mol. The van der Waals surface area contributed by atoms with Gasteiger partial charge in [0.2, 0.25) is 10.0 Å². The molecule has 8 nitrogen and oxygen atoms in total. The Balaban J connectivity index is 2.76. The summed E-state index contributed by atoms with van der Waals surface area (Å²) in [5, 5.41) is 11.4. The molecule has 148 valence electrons. The van der Waals surface area contributed by atoms with Gasteiger partial charge in [0.25, 0.3) is 11.6 Å². The number of nitrogens with zero attached hydrogens (tertiary/aromatic N) is 2. The second kappa shape index (κ2) is 6.55. The first-order valence-electron chi connectivity index (χ1n) is 7.71. The van der Waals surface area contributed by atoms with Crippen molar-refractivity contribution in [2.45, 2.75) is 31.4 Å². The standard InChI is InChI=1S/C16H18F2N2O6S/c1-15(2,3)27(24,25)19-9-16(17,18)8-13(19)11-7-10(14(21)26-4)5-6-12(11)20(22)23/h5-8H,9H2,1-4H3. The van der Waals surface area contributed by atoms with Crippen LogP contribution in [0.25, 0.3) is 5.70 Å². The van der Waals surface area contributed by atoms with Gasteiger partial charge in [-0.2, -0.15) is 8.78 Å². The Morgan fingerprint density at radius 3 is 2.41 bits per heavy atom. The fourth-order valence-electron chi connectivity index (χ4n) is 2.50. The van der Waals surface area contributed by atoms with E-state index in [1.54, 1.807) is 0 Å². The number of halogens is 2. The zero-order valence-electron chi connectivity index (χ0n) is 15.0. The number of benzene rings is 1. The van der Waals surface area contributed by atoms with E-state index < -0.39 is 55.1 Å².